The molecule has 0 aliphatic heterocycles. The van der Waals surface area contributed by atoms with Crippen LogP contribution >= 0.6 is 11.3 Å². The quantitative estimate of drug-likeness (QED) is 0.188. The Morgan fingerprint density at radius 1 is 0.302 bits per heavy atom. The Morgan fingerprint density at radius 3 is 1.53 bits per heavy atom. The molecule has 0 spiro atoms. The van der Waals surface area contributed by atoms with Gasteiger partial charge in [-0.2, -0.15) is 0 Å². The average molecular weight is 563 g/mol. The van der Waals surface area contributed by atoms with E-state index in [9.17, 15) is 0 Å². The number of rotatable bonds is 3. The molecule has 43 heavy (non-hydrogen) atoms. The molecule has 0 aliphatic carbocycles. The second-order valence-corrected chi connectivity index (χ2v) is 12.3. The van der Waals surface area contributed by atoms with Crippen molar-refractivity contribution in [3.8, 4) is 33.4 Å². The highest BCUT2D eigenvalue weighted by molar-refractivity contribution is 7.27. The van der Waals surface area contributed by atoms with Gasteiger partial charge in [0.2, 0.25) is 0 Å². The molecule has 8 aromatic carbocycles. The third-order valence-corrected chi connectivity index (χ3v) is 10.1. The SMILES string of the molecule is c1ccc(-c2c3ccccc3c(-c3cccc(-c4cccc5c4sc4c6ccccc6ccc54)c3)c3ccccc23)cc1. The monoisotopic (exact) mass is 562 g/mol. The molecule has 0 unspecified atom stereocenters. The topological polar surface area (TPSA) is 0 Å². The van der Waals surface area contributed by atoms with Crippen LogP contribution in [0.5, 0.6) is 0 Å². The van der Waals surface area contributed by atoms with E-state index in [0.717, 1.165) is 0 Å². The van der Waals surface area contributed by atoms with Crippen LogP contribution in [0.2, 0.25) is 0 Å². The summed E-state index contributed by atoms with van der Waals surface area (Å²) < 4.78 is 2.71. The van der Waals surface area contributed by atoms with Gasteiger partial charge in [0, 0.05) is 20.2 Å². The normalized spacial score (nSPS) is 11.7. The first-order valence-corrected chi connectivity index (χ1v) is 15.6. The van der Waals surface area contributed by atoms with Gasteiger partial charge < -0.3 is 0 Å². The predicted octanol–water partition coefficient (Wildman–Crippen LogP) is 12.5. The summed E-state index contributed by atoms with van der Waals surface area (Å²) in [4.78, 5) is 0. The molecule has 200 valence electrons. The van der Waals surface area contributed by atoms with Gasteiger partial charge in [-0.25, -0.2) is 0 Å². The van der Waals surface area contributed by atoms with Crippen molar-refractivity contribution in [1.29, 1.82) is 0 Å². The van der Waals surface area contributed by atoms with Gasteiger partial charge >= 0.3 is 0 Å². The van der Waals surface area contributed by atoms with Crippen LogP contribution in [0, 0.1) is 0 Å². The summed E-state index contributed by atoms with van der Waals surface area (Å²) in [5.74, 6) is 0. The Bertz CT molecular complexity index is 2440. The van der Waals surface area contributed by atoms with Crippen molar-refractivity contribution in [2.24, 2.45) is 0 Å². The molecule has 9 aromatic rings. The van der Waals surface area contributed by atoms with E-state index in [1.165, 1.54) is 85.9 Å². The zero-order valence-electron chi connectivity index (χ0n) is 23.4. The van der Waals surface area contributed by atoms with Crippen molar-refractivity contribution in [2.45, 2.75) is 0 Å². The van der Waals surface area contributed by atoms with Gasteiger partial charge in [0.15, 0.2) is 0 Å². The van der Waals surface area contributed by atoms with Crippen LogP contribution in [0.15, 0.2) is 158 Å². The van der Waals surface area contributed by atoms with Crippen LogP contribution in [-0.4, -0.2) is 0 Å². The highest BCUT2D eigenvalue weighted by Crippen LogP contribution is 2.46. The number of hydrogen-bond acceptors (Lipinski definition) is 1. The minimum absolute atomic E-state index is 1.24. The predicted molar refractivity (Wildman–Crippen MR) is 188 cm³/mol. The van der Waals surface area contributed by atoms with Gasteiger partial charge in [0.05, 0.1) is 0 Å². The molecule has 0 bridgehead atoms. The van der Waals surface area contributed by atoms with E-state index in [-0.39, 0.29) is 0 Å². The lowest BCUT2D eigenvalue weighted by atomic mass is 9.85. The van der Waals surface area contributed by atoms with Crippen molar-refractivity contribution in [2.75, 3.05) is 0 Å². The first kappa shape index (κ1) is 24.4. The van der Waals surface area contributed by atoms with Crippen LogP contribution in [0.25, 0.3) is 85.9 Å². The molecule has 9 rings (SSSR count). The number of thiophene rings is 1. The average Bonchev–Trinajstić information content (AvgIpc) is 3.47. The van der Waals surface area contributed by atoms with E-state index in [1.807, 2.05) is 11.3 Å². The first-order chi connectivity index (χ1) is 21.3. The van der Waals surface area contributed by atoms with Crippen LogP contribution in [-0.2, 0) is 0 Å². The Balaban J connectivity index is 1.31. The summed E-state index contributed by atoms with van der Waals surface area (Å²) in [5.41, 5.74) is 7.63. The van der Waals surface area contributed by atoms with E-state index in [2.05, 4.69) is 158 Å². The summed E-state index contributed by atoms with van der Waals surface area (Å²) in [7, 11) is 0. The summed E-state index contributed by atoms with van der Waals surface area (Å²) in [6.45, 7) is 0. The first-order valence-electron chi connectivity index (χ1n) is 14.8. The molecule has 1 heteroatoms. The fourth-order valence-corrected chi connectivity index (χ4v) is 8.32. The van der Waals surface area contributed by atoms with E-state index >= 15 is 0 Å². The highest BCUT2D eigenvalue weighted by atomic mass is 32.1. The van der Waals surface area contributed by atoms with Gasteiger partial charge in [-0.15, -0.1) is 11.3 Å². The summed E-state index contributed by atoms with van der Waals surface area (Å²) in [6.07, 6.45) is 0. The second-order valence-electron chi connectivity index (χ2n) is 11.2. The summed E-state index contributed by atoms with van der Waals surface area (Å²) in [6, 6.07) is 57.8. The molecule has 0 saturated carbocycles. The third-order valence-electron chi connectivity index (χ3n) is 8.85. The van der Waals surface area contributed by atoms with Gasteiger partial charge in [-0.3, -0.25) is 0 Å². The Labute approximate surface area is 254 Å². The summed E-state index contributed by atoms with van der Waals surface area (Å²) in [5, 5.41) is 10.4. The van der Waals surface area contributed by atoms with Gasteiger partial charge in [-0.1, -0.05) is 152 Å². The van der Waals surface area contributed by atoms with Crippen LogP contribution in [0.3, 0.4) is 0 Å². The zero-order valence-corrected chi connectivity index (χ0v) is 24.2. The molecule has 0 N–H and O–H groups in total. The van der Waals surface area contributed by atoms with Gasteiger partial charge in [-0.05, 0) is 71.8 Å². The Hall–Kier alpha value is -5.24. The molecule has 0 saturated heterocycles. The Kier molecular flexibility index (Phi) is 5.47. The number of hydrogen-bond donors (Lipinski definition) is 0. The van der Waals surface area contributed by atoms with Gasteiger partial charge in [0.25, 0.3) is 0 Å². The smallest absolute Gasteiger partial charge is 0.0434 e. The van der Waals surface area contributed by atoms with Crippen molar-refractivity contribution < 1.29 is 0 Å². The molecule has 0 amide bonds. The van der Waals surface area contributed by atoms with Crippen molar-refractivity contribution in [3.05, 3.63) is 158 Å². The van der Waals surface area contributed by atoms with Crippen molar-refractivity contribution >= 4 is 63.8 Å². The minimum Gasteiger partial charge on any atom is -0.134 e. The summed E-state index contributed by atoms with van der Waals surface area (Å²) >= 11 is 1.92. The maximum absolute atomic E-state index is 2.40. The zero-order chi connectivity index (χ0) is 28.3. The lowest BCUT2D eigenvalue weighted by molar-refractivity contribution is 1.64. The van der Waals surface area contributed by atoms with E-state index < -0.39 is 0 Å². The number of benzene rings is 8. The van der Waals surface area contributed by atoms with E-state index in [4.69, 9.17) is 0 Å². The molecule has 0 nitrogen and oxygen atoms in total. The second kappa shape index (κ2) is 9.66. The van der Waals surface area contributed by atoms with Crippen molar-refractivity contribution in [3.63, 3.8) is 0 Å². The van der Waals surface area contributed by atoms with Crippen LogP contribution in [0.1, 0.15) is 0 Å². The Morgan fingerprint density at radius 2 is 0.814 bits per heavy atom. The fourth-order valence-electron chi connectivity index (χ4n) is 6.95. The van der Waals surface area contributed by atoms with Crippen LogP contribution in [0.4, 0.5) is 0 Å². The van der Waals surface area contributed by atoms with Gasteiger partial charge in [0.1, 0.15) is 0 Å². The number of fused-ring (bicyclic) bond motifs is 7. The maximum atomic E-state index is 2.40. The standard InChI is InChI=1S/C42H26S/c1-2-13-28(14-3-1)39-33-18-6-8-20-35(33)40(36-21-9-7-19-34(36)39)30-16-10-15-29(26-30)32-22-11-23-37-38-25-24-27-12-4-5-17-31(27)41(38)43-42(32)37/h1-26H. The maximum Gasteiger partial charge on any atom is 0.0434 e. The molecule has 0 radical (unpaired) electrons. The lowest BCUT2D eigenvalue weighted by Gasteiger charge is -2.18. The molecule has 0 atom stereocenters. The molecule has 1 heterocycles. The molecule has 0 fully saturated rings. The highest BCUT2D eigenvalue weighted by Gasteiger charge is 2.18. The van der Waals surface area contributed by atoms with E-state index in [1.54, 1.807) is 0 Å². The van der Waals surface area contributed by atoms with Crippen LogP contribution < -0.4 is 0 Å². The fraction of sp³-hybridized carbons (Fsp3) is 0. The molecule has 1 aromatic heterocycles. The third kappa shape index (κ3) is 3.75. The molecule has 0 aliphatic rings. The van der Waals surface area contributed by atoms with E-state index in [0.29, 0.717) is 0 Å². The lowest BCUT2D eigenvalue weighted by Crippen LogP contribution is -1.91. The molecular formula is C42H26S. The van der Waals surface area contributed by atoms with Crippen molar-refractivity contribution in [1.82, 2.24) is 0 Å². The molecular weight excluding hydrogens is 537 g/mol. The minimum atomic E-state index is 1.24. The largest absolute Gasteiger partial charge is 0.134 e.